The van der Waals surface area contributed by atoms with E-state index in [-0.39, 0.29) is 0 Å². The molecule has 0 amide bonds. The molecule has 0 spiro atoms. The Hall–Kier alpha value is -7.21. The molecule has 0 fully saturated rings. The summed E-state index contributed by atoms with van der Waals surface area (Å²) >= 11 is 1.83. The van der Waals surface area contributed by atoms with Crippen molar-refractivity contribution < 1.29 is 4.42 Å². The van der Waals surface area contributed by atoms with Crippen molar-refractivity contribution in [1.82, 2.24) is 15.0 Å². The third-order valence-corrected chi connectivity index (χ3v) is 11.7. The van der Waals surface area contributed by atoms with Crippen molar-refractivity contribution in [3.05, 3.63) is 188 Å². The minimum atomic E-state index is 0.589. The molecule has 56 heavy (non-hydrogen) atoms. The average Bonchev–Trinajstić information content (AvgIpc) is 3.85. The molecule has 0 unspecified atom stereocenters. The van der Waals surface area contributed by atoms with Gasteiger partial charge in [-0.1, -0.05) is 152 Å². The van der Waals surface area contributed by atoms with Crippen LogP contribution < -0.4 is 0 Å². The Morgan fingerprint density at radius 3 is 1.75 bits per heavy atom. The lowest BCUT2D eigenvalue weighted by molar-refractivity contribution is 0.670. The van der Waals surface area contributed by atoms with Gasteiger partial charge in [-0.25, -0.2) is 15.0 Å². The van der Waals surface area contributed by atoms with Crippen molar-refractivity contribution in [2.75, 3.05) is 0 Å². The molecule has 3 heterocycles. The molecule has 5 heteroatoms. The molecular formula is C51H31N3OS. The van der Waals surface area contributed by atoms with E-state index in [0.717, 1.165) is 72.0 Å². The first-order valence-electron chi connectivity index (χ1n) is 18.7. The SMILES string of the molecule is c1ccc(-c2cc(-c3ccccc3)c3oc4cccc(-c5nc(-c6ccccc6)nc(-c6cccc(-c7ccc8c(c7)sc7ccccc78)c6)n5)c4c3c2)cc1. The van der Waals surface area contributed by atoms with Gasteiger partial charge in [0, 0.05) is 53.2 Å². The Bertz CT molecular complexity index is 3240. The molecule has 0 saturated heterocycles. The van der Waals surface area contributed by atoms with Crippen LogP contribution in [0.2, 0.25) is 0 Å². The third kappa shape index (κ3) is 5.56. The second-order valence-corrected chi connectivity index (χ2v) is 15.1. The molecule has 11 aromatic rings. The van der Waals surface area contributed by atoms with E-state index in [1.54, 1.807) is 0 Å². The lowest BCUT2D eigenvalue weighted by Gasteiger charge is -2.11. The van der Waals surface area contributed by atoms with Gasteiger partial charge in [-0.3, -0.25) is 0 Å². The lowest BCUT2D eigenvalue weighted by Crippen LogP contribution is -2.00. The van der Waals surface area contributed by atoms with Crippen LogP contribution >= 0.6 is 11.3 Å². The summed E-state index contributed by atoms with van der Waals surface area (Å²) in [6.45, 7) is 0. The Morgan fingerprint density at radius 1 is 0.339 bits per heavy atom. The zero-order chi connectivity index (χ0) is 37.0. The van der Waals surface area contributed by atoms with E-state index < -0.39 is 0 Å². The van der Waals surface area contributed by atoms with Crippen LogP contribution in [-0.2, 0) is 0 Å². The average molecular weight is 734 g/mol. The number of hydrogen-bond donors (Lipinski definition) is 0. The summed E-state index contributed by atoms with van der Waals surface area (Å²) in [4.78, 5) is 15.5. The third-order valence-electron chi connectivity index (χ3n) is 10.5. The van der Waals surface area contributed by atoms with Gasteiger partial charge in [0.25, 0.3) is 0 Å². The van der Waals surface area contributed by atoms with Gasteiger partial charge in [-0.2, -0.15) is 0 Å². The molecule has 262 valence electrons. The quantitative estimate of drug-likeness (QED) is 0.171. The highest BCUT2D eigenvalue weighted by molar-refractivity contribution is 7.25. The highest BCUT2D eigenvalue weighted by atomic mass is 32.1. The van der Waals surface area contributed by atoms with Crippen LogP contribution in [0.4, 0.5) is 0 Å². The molecule has 0 aliphatic carbocycles. The number of benzene rings is 8. The van der Waals surface area contributed by atoms with E-state index in [2.05, 4.69) is 133 Å². The van der Waals surface area contributed by atoms with Crippen LogP contribution in [-0.4, -0.2) is 15.0 Å². The normalized spacial score (nSPS) is 11.6. The highest BCUT2D eigenvalue weighted by Crippen LogP contribution is 2.43. The molecule has 0 atom stereocenters. The van der Waals surface area contributed by atoms with E-state index >= 15 is 0 Å². The second kappa shape index (κ2) is 13.3. The van der Waals surface area contributed by atoms with Crippen LogP contribution in [0.1, 0.15) is 0 Å². The molecule has 8 aromatic carbocycles. The first-order chi connectivity index (χ1) is 27.7. The van der Waals surface area contributed by atoms with Crippen molar-refractivity contribution >= 4 is 53.4 Å². The maximum atomic E-state index is 6.76. The van der Waals surface area contributed by atoms with Gasteiger partial charge >= 0.3 is 0 Å². The standard InChI is InChI=1S/C51H31N3OS/c1-4-14-32(15-5-1)38-29-42(33-16-6-2-7-17-33)48-43(30-38)47-41(23-13-24-44(47)55-48)51-53-49(34-18-8-3-9-19-34)52-50(54-51)37-21-12-20-35(28-37)36-26-27-40-39-22-10-11-25-45(39)56-46(40)31-36/h1-31H. The number of fused-ring (bicyclic) bond motifs is 6. The monoisotopic (exact) mass is 733 g/mol. The molecule has 3 aromatic heterocycles. The smallest absolute Gasteiger partial charge is 0.164 e. The Morgan fingerprint density at radius 2 is 0.946 bits per heavy atom. The summed E-state index contributed by atoms with van der Waals surface area (Å²) in [6, 6.07) is 65.6. The summed E-state index contributed by atoms with van der Waals surface area (Å²) in [5.74, 6) is 1.81. The number of rotatable bonds is 6. The summed E-state index contributed by atoms with van der Waals surface area (Å²) in [6.07, 6.45) is 0. The second-order valence-electron chi connectivity index (χ2n) is 14.0. The van der Waals surface area contributed by atoms with Crippen molar-refractivity contribution in [2.45, 2.75) is 0 Å². The van der Waals surface area contributed by atoms with Crippen LogP contribution in [0.5, 0.6) is 0 Å². The summed E-state index contributed by atoms with van der Waals surface area (Å²) in [5, 5.41) is 4.57. The van der Waals surface area contributed by atoms with E-state index in [1.165, 1.54) is 20.2 Å². The Kier molecular flexibility index (Phi) is 7.64. The maximum Gasteiger partial charge on any atom is 0.164 e. The van der Waals surface area contributed by atoms with Gasteiger partial charge in [0.2, 0.25) is 0 Å². The van der Waals surface area contributed by atoms with Crippen molar-refractivity contribution in [3.63, 3.8) is 0 Å². The minimum absolute atomic E-state index is 0.589. The van der Waals surface area contributed by atoms with Gasteiger partial charge in [0.15, 0.2) is 17.5 Å². The topological polar surface area (TPSA) is 51.8 Å². The summed E-state index contributed by atoms with van der Waals surface area (Å²) in [7, 11) is 0. The summed E-state index contributed by atoms with van der Waals surface area (Å²) in [5.41, 5.74) is 11.0. The van der Waals surface area contributed by atoms with Crippen molar-refractivity contribution in [2.24, 2.45) is 0 Å². The minimum Gasteiger partial charge on any atom is -0.455 e. The van der Waals surface area contributed by atoms with Gasteiger partial charge in [-0.05, 0) is 64.2 Å². The number of thiophene rings is 1. The van der Waals surface area contributed by atoms with Gasteiger partial charge in [0.05, 0.1) is 0 Å². The molecule has 0 aliphatic heterocycles. The van der Waals surface area contributed by atoms with Crippen LogP contribution in [0.3, 0.4) is 0 Å². The number of nitrogens with zero attached hydrogens (tertiary/aromatic N) is 3. The first-order valence-corrected chi connectivity index (χ1v) is 19.5. The predicted octanol–water partition coefficient (Wildman–Crippen LogP) is 14.1. The van der Waals surface area contributed by atoms with Crippen LogP contribution in [0.25, 0.3) is 110 Å². The molecule has 4 nitrogen and oxygen atoms in total. The molecule has 0 bridgehead atoms. The number of furan rings is 1. The largest absolute Gasteiger partial charge is 0.455 e. The van der Waals surface area contributed by atoms with E-state index in [0.29, 0.717) is 17.5 Å². The van der Waals surface area contributed by atoms with Crippen molar-refractivity contribution in [1.29, 1.82) is 0 Å². The van der Waals surface area contributed by atoms with E-state index in [9.17, 15) is 0 Å². The molecule has 0 aliphatic rings. The predicted molar refractivity (Wildman–Crippen MR) is 233 cm³/mol. The fraction of sp³-hybridized carbons (Fsp3) is 0. The van der Waals surface area contributed by atoms with Crippen LogP contribution in [0, 0.1) is 0 Å². The summed E-state index contributed by atoms with van der Waals surface area (Å²) < 4.78 is 9.34. The number of aromatic nitrogens is 3. The van der Waals surface area contributed by atoms with Gasteiger partial charge in [-0.15, -0.1) is 11.3 Å². The number of hydrogen-bond acceptors (Lipinski definition) is 5. The molecular weight excluding hydrogens is 703 g/mol. The van der Waals surface area contributed by atoms with Gasteiger partial charge < -0.3 is 4.42 Å². The van der Waals surface area contributed by atoms with Gasteiger partial charge in [0.1, 0.15) is 11.2 Å². The Balaban J connectivity index is 1.11. The molecule has 0 saturated carbocycles. The highest BCUT2D eigenvalue weighted by Gasteiger charge is 2.21. The zero-order valence-corrected chi connectivity index (χ0v) is 30.9. The Labute approximate surface area is 327 Å². The fourth-order valence-electron chi connectivity index (χ4n) is 7.83. The van der Waals surface area contributed by atoms with E-state index in [4.69, 9.17) is 19.4 Å². The lowest BCUT2D eigenvalue weighted by atomic mass is 9.95. The van der Waals surface area contributed by atoms with E-state index in [1.807, 2.05) is 65.9 Å². The first kappa shape index (κ1) is 32.2. The molecule has 0 N–H and O–H groups in total. The maximum absolute atomic E-state index is 6.76. The molecule has 0 radical (unpaired) electrons. The fourth-order valence-corrected chi connectivity index (χ4v) is 8.97. The van der Waals surface area contributed by atoms with Crippen LogP contribution in [0.15, 0.2) is 192 Å². The van der Waals surface area contributed by atoms with Crippen molar-refractivity contribution in [3.8, 4) is 67.5 Å². The molecule has 11 rings (SSSR count). The zero-order valence-electron chi connectivity index (χ0n) is 30.1.